The SMILES string of the molecule is CC[C@@H](C)NC(=O)[C@@H](C)N(Cc1ccccc1Cl)C(=O)CN(c1ccc(C)c(Cl)c1)S(=O)(=O)c1ccc(C)cc1. The Hall–Kier alpha value is -3.07. The van der Waals surface area contributed by atoms with Crippen molar-refractivity contribution >= 4 is 50.7 Å². The number of halogens is 2. The van der Waals surface area contributed by atoms with E-state index in [-0.39, 0.29) is 29.1 Å². The maximum absolute atomic E-state index is 14.0. The summed E-state index contributed by atoms with van der Waals surface area (Å²) in [6.45, 7) is 8.56. The summed E-state index contributed by atoms with van der Waals surface area (Å²) in [4.78, 5) is 28.5. The molecule has 0 spiro atoms. The number of benzene rings is 3. The highest BCUT2D eigenvalue weighted by molar-refractivity contribution is 7.92. The molecule has 10 heteroatoms. The fourth-order valence-corrected chi connectivity index (χ4v) is 5.74. The van der Waals surface area contributed by atoms with Crippen LogP contribution in [-0.4, -0.2) is 43.8 Å². The normalized spacial score (nSPS) is 12.9. The van der Waals surface area contributed by atoms with Gasteiger partial charge in [0, 0.05) is 22.6 Å². The summed E-state index contributed by atoms with van der Waals surface area (Å²) in [5.74, 6) is -0.916. The van der Waals surface area contributed by atoms with Gasteiger partial charge in [0.2, 0.25) is 11.8 Å². The lowest BCUT2D eigenvalue weighted by atomic mass is 10.1. The average Bonchev–Trinajstić information content (AvgIpc) is 2.92. The number of rotatable bonds is 11. The lowest BCUT2D eigenvalue weighted by molar-refractivity contribution is -0.139. The number of amides is 2. The van der Waals surface area contributed by atoms with Crippen molar-refractivity contribution in [1.29, 1.82) is 0 Å². The topological polar surface area (TPSA) is 86.8 Å². The molecule has 7 nitrogen and oxygen atoms in total. The smallest absolute Gasteiger partial charge is 0.264 e. The summed E-state index contributed by atoms with van der Waals surface area (Å²) in [5.41, 5.74) is 2.53. The fraction of sp³-hybridized carbons (Fsp3) is 0.333. The number of anilines is 1. The van der Waals surface area contributed by atoms with E-state index in [4.69, 9.17) is 23.2 Å². The lowest BCUT2D eigenvalue weighted by Crippen LogP contribution is -2.52. The molecular weight excluding hydrogens is 569 g/mol. The molecule has 0 heterocycles. The zero-order valence-electron chi connectivity index (χ0n) is 23.3. The van der Waals surface area contributed by atoms with E-state index in [0.717, 1.165) is 15.4 Å². The molecule has 2 atom stereocenters. The Balaban J connectivity index is 2.06. The molecule has 0 aliphatic rings. The first-order valence-corrected chi connectivity index (χ1v) is 15.2. The summed E-state index contributed by atoms with van der Waals surface area (Å²) in [7, 11) is -4.18. The second kappa shape index (κ2) is 13.5. The maximum Gasteiger partial charge on any atom is 0.264 e. The minimum atomic E-state index is -4.18. The van der Waals surface area contributed by atoms with Crippen LogP contribution in [0.3, 0.4) is 0 Å². The molecule has 0 aromatic heterocycles. The van der Waals surface area contributed by atoms with Crippen molar-refractivity contribution in [2.45, 2.75) is 64.6 Å². The summed E-state index contributed by atoms with van der Waals surface area (Å²) in [6.07, 6.45) is 0.716. The molecule has 0 radical (unpaired) electrons. The molecule has 40 heavy (non-hydrogen) atoms. The van der Waals surface area contributed by atoms with Crippen LogP contribution in [-0.2, 0) is 26.2 Å². The Morgan fingerprint density at radius 3 is 2.17 bits per heavy atom. The third-order valence-electron chi connectivity index (χ3n) is 6.80. The number of nitrogens with zero attached hydrogens (tertiary/aromatic N) is 2. The van der Waals surface area contributed by atoms with Gasteiger partial charge in [-0.25, -0.2) is 8.42 Å². The summed E-state index contributed by atoms with van der Waals surface area (Å²) < 4.78 is 28.9. The molecule has 0 fully saturated rings. The van der Waals surface area contributed by atoms with Crippen LogP contribution in [0.25, 0.3) is 0 Å². The van der Waals surface area contributed by atoms with Crippen LogP contribution in [0.4, 0.5) is 5.69 Å². The summed E-state index contributed by atoms with van der Waals surface area (Å²) >= 11 is 12.8. The quantitative estimate of drug-likeness (QED) is 0.285. The lowest BCUT2D eigenvalue weighted by Gasteiger charge is -2.32. The highest BCUT2D eigenvalue weighted by Crippen LogP contribution is 2.29. The molecule has 0 bridgehead atoms. The van der Waals surface area contributed by atoms with Crippen molar-refractivity contribution < 1.29 is 18.0 Å². The first-order valence-electron chi connectivity index (χ1n) is 13.0. The molecule has 0 saturated carbocycles. The third kappa shape index (κ3) is 7.56. The van der Waals surface area contributed by atoms with E-state index in [2.05, 4.69) is 5.32 Å². The van der Waals surface area contributed by atoms with E-state index in [9.17, 15) is 18.0 Å². The molecule has 2 amide bonds. The molecule has 0 unspecified atom stereocenters. The van der Waals surface area contributed by atoms with Gasteiger partial charge in [-0.2, -0.15) is 0 Å². The number of hydrogen-bond acceptors (Lipinski definition) is 4. The van der Waals surface area contributed by atoms with Gasteiger partial charge >= 0.3 is 0 Å². The van der Waals surface area contributed by atoms with E-state index < -0.39 is 28.5 Å². The monoisotopic (exact) mass is 603 g/mol. The van der Waals surface area contributed by atoms with Gasteiger partial charge in [-0.15, -0.1) is 0 Å². The molecule has 3 aromatic carbocycles. The minimum absolute atomic E-state index is 0.0146. The van der Waals surface area contributed by atoms with Crippen LogP contribution >= 0.6 is 23.2 Å². The van der Waals surface area contributed by atoms with Crippen molar-refractivity contribution in [2.75, 3.05) is 10.8 Å². The Morgan fingerprint density at radius 1 is 0.925 bits per heavy atom. The first-order chi connectivity index (χ1) is 18.8. The van der Waals surface area contributed by atoms with Gasteiger partial charge in [0.05, 0.1) is 10.6 Å². The van der Waals surface area contributed by atoms with Gasteiger partial charge in [-0.3, -0.25) is 13.9 Å². The highest BCUT2D eigenvalue weighted by atomic mass is 35.5. The molecule has 0 saturated heterocycles. The number of carbonyl (C=O) groups is 2. The zero-order chi connectivity index (χ0) is 29.6. The van der Waals surface area contributed by atoms with Crippen LogP contribution in [0.15, 0.2) is 71.6 Å². The standard InChI is InChI=1S/C30H35Cl2N3O4S/c1-6-22(4)33-30(37)23(5)34(18-24-9-7-8-10-27(24)31)29(36)19-35(25-14-13-21(3)28(32)17-25)40(38,39)26-15-11-20(2)12-16-26/h7-17,22-23H,6,18-19H2,1-5H3,(H,33,37)/t22-,23-/m1/s1. The van der Waals surface area contributed by atoms with Crippen molar-refractivity contribution in [3.63, 3.8) is 0 Å². The van der Waals surface area contributed by atoms with Gasteiger partial charge in [0.25, 0.3) is 10.0 Å². The zero-order valence-corrected chi connectivity index (χ0v) is 25.6. The Labute approximate surface area is 247 Å². The molecule has 3 aromatic rings. The Bertz CT molecular complexity index is 1460. The van der Waals surface area contributed by atoms with Crippen LogP contribution in [0.1, 0.15) is 43.9 Å². The van der Waals surface area contributed by atoms with E-state index in [0.29, 0.717) is 22.0 Å². The predicted molar refractivity (Wildman–Crippen MR) is 161 cm³/mol. The van der Waals surface area contributed by atoms with Gasteiger partial charge in [0.15, 0.2) is 0 Å². The largest absolute Gasteiger partial charge is 0.352 e. The van der Waals surface area contributed by atoms with E-state index in [1.165, 1.54) is 23.1 Å². The van der Waals surface area contributed by atoms with Gasteiger partial charge in [-0.1, -0.05) is 72.1 Å². The van der Waals surface area contributed by atoms with Crippen LogP contribution in [0.2, 0.25) is 10.0 Å². The molecule has 0 aliphatic carbocycles. The van der Waals surface area contributed by atoms with Crippen molar-refractivity contribution in [2.24, 2.45) is 0 Å². The van der Waals surface area contributed by atoms with Gasteiger partial charge in [-0.05, 0) is 75.6 Å². The number of nitrogens with one attached hydrogen (secondary N) is 1. The van der Waals surface area contributed by atoms with Crippen LogP contribution < -0.4 is 9.62 Å². The Kier molecular flexibility index (Phi) is 10.6. The van der Waals surface area contributed by atoms with Crippen molar-refractivity contribution in [1.82, 2.24) is 10.2 Å². The average molecular weight is 605 g/mol. The number of aryl methyl sites for hydroxylation is 2. The Morgan fingerprint density at radius 2 is 1.57 bits per heavy atom. The van der Waals surface area contributed by atoms with E-state index in [1.807, 2.05) is 20.8 Å². The minimum Gasteiger partial charge on any atom is -0.352 e. The molecule has 214 valence electrons. The number of sulfonamides is 1. The van der Waals surface area contributed by atoms with Gasteiger partial charge in [0.1, 0.15) is 12.6 Å². The first kappa shape index (κ1) is 31.5. The molecular formula is C30H35Cl2N3O4S. The predicted octanol–water partition coefficient (Wildman–Crippen LogP) is 6.14. The number of carbonyl (C=O) groups excluding carboxylic acids is 2. The molecule has 1 N–H and O–H groups in total. The second-order valence-electron chi connectivity index (χ2n) is 9.87. The summed E-state index contributed by atoms with van der Waals surface area (Å²) in [5, 5.41) is 3.71. The van der Waals surface area contributed by atoms with Crippen molar-refractivity contribution in [3.05, 3.63) is 93.5 Å². The van der Waals surface area contributed by atoms with Gasteiger partial charge < -0.3 is 10.2 Å². The van der Waals surface area contributed by atoms with Crippen molar-refractivity contribution in [3.8, 4) is 0 Å². The fourth-order valence-electron chi connectivity index (χ4n) is 3.96. The highest BCUT2D eigenvalue weighted by Gasteiger charge is 2.33. The molecule has 3 rings (SSSR count). The maximum atomic E-state index is 14.0. The van der Waals surface area contributed by atoms with Crippen LogP contribution in [0.5, 0.6) is 0 Å². The number of hydrogen-bond donors (Lipinski definition) is 1. The molecule has 0 aliphatic heterocycles. The summed E-state index contributed by atoms with van der Waals surface area (Å²) in [6, 6.07) is 17.3. The van der Waals surface area contributed by atoms with E-state index in [1.54, 1.807) is 62.4 Å². The second-order valence-corrected chi connectivity index (χ2v) is 12.5. The third-order valence-corrected chi connectivity index (χ3v) is 9.36. The van der Waals surface area contributed by atoms with Crippen LogP contribution in [0, 0.1) is 13.8 Å². The van der Waals surface area contributed by atoms with E-state index >= 15 is 0 Å².